The van der Waals surface area contributed by atoms with Crippen LogP contribution in [0.1, 0.15) is 24.2 Å². The highest BCUT2D eigenvalue weighted by Crippen LogP contribution is 2.26. The Morgan fingerprint density at radius 1 is 0.926 bits per heavy atom. The van der Waals surface area contributed by atoms with E-state index in [4.69, 9.17) is 18.6 Å². The molecule has 27 heavy (non-hydrogen) atoms. The normalized spacial score (nSPS) is 11.5. The van der Waals surface area contributed by atoms with Gasteiger partial charge in [-0.3, -0.25) is 9.69 Å². The van der Waals surface area contributed by atoms with Gasteiger partial charge < -0.3 is 0 Å². The predicted molar refractivity (Wildman–Crippen MR) is 95.8 cm³/mol. The number of halogens is 1. The van der Waals surface area contributed by atoms with Crippen molar-refractivity contribution in [2.75, 3.05) is 19.6 Å². The summed E-state index contributed by atoms with van der Waals surface area (Å²) in [6.07, 6.45) is 0. The van der Waals surface area contributed by atoms with Gasteiger partial charge in [0.25, 0.3) is 0 Å². The van der Waals surface area contributed by atoms with Crippen molar-refractivity contribution >= 4 is 27.3 Å². The number of rotatable bonds is 5. The van der Waals surface area contributed by atoms with Gasteiger partial charge in [-0.2, -0.15) is 14.0 Å². The van der Waals surface area contributed by atoms with Crippen LogP contribution in [-0.2, 0) is 0 Å². The molecular formula is C20H22ClNO5. The summed E-state index contributed by atoms with van der Waals surface area (Å²) in [5, 5.41) is 4.81. The van der Waals surface area contributed by atoms with E-state index in [2.05, 4.69) is 61.2 Å². The first kappa shape index (κ1) is 21.2. The van der Waals surface area contributed by atoms with E-state index in [1.807, 2.05) is 12.1 Å². The van der Waals surface area contributed by atoms with Crippen LogP contribution in [-0.4, -0.2) is 35.0 Å². The number of hydrogen-bond donors (Lipinski definition) is 1. The van der Waals surface area contributed by atoms with E-state index in [0.29, 0.717) is 6.54 Å². The van der Waals surface area contributed by atoms with Crippen LogP contribution < -0.4 is 14.0 Å². The van der Waals surface area contributed by atoms with Gasteiger partial charge in [-0.05, 0) is 40.7 Å². The molecule has 0 fully saturated rings. The van der Waals surface area contributed by atoms with Crippen molar-refractivity contribution in [1.29, 1.82) is 0 Å². The van der Waals surface area contributed by atoms with Crippen LogP contribution in [0.4, 0.5) is 0 Å². The fourth-order valence-electron chi connectivity index (χ4n) is 2.93. The Balaban J connectivity index is 0.000000465. The van der Waals surface area contributed by atoms with Gasteiger partial charge >= 0.3 is 0 Å². The highest BCUT2D eigenvalue weighted by atomic mass is 35.7. The highest BCUT2D eigenvalue weighted by molar-refractivity contribution is 6.10. The number of Topliss-reactive ketones (excluding diaryl/α,β-unsaturated/α-hetero) is 1. The zero-order valence-corrected chi connectivity index (χ0v) is 16.0. The number of ketones is 1. The lowest BCUT2D eigenvalue weighted by molar-refractivity contribution is -1.92. The van der Waals surface area contributed by atoms with Crippen molar-refractivity contribution < 1.29 is 33.7 Å². The Kier molecular flexibility index (Phi) is 7.26. The van der Waals surface area contributed by atoms with Gasteiger partial charge in [-0.25, -0.2) is 0 Å². The summed E-state index contributed by atoms with van der Waals surface area (Å²) in [6.45, 7) is 6.47. The molecule has 0 aromatic heterocycles. The molecule has 0 aliphatic heterocycles. The Hall–Kier alpha value is -2.06. The molecule has 0 spiro atoms. The van der Waals surface area contributed by atoms with Gasteiger partial charge in [0, 0.05) is 5.56 Å². The molecule has 0 atom stereocenters. The fourth-order valence-corrected chi connectivity index (χ4v) is 2.93. The van der Waals surface area contributed by atoms with Gasteiger partial charge in [-0.1, -0.05) is 62.4 Å². The van der Waals surface area contributed by atoms with Crippen LogP contribution in [0.3, 0.4) is 0 Å². The average Bonchev–Trinajstić information content (AvgIpc) is 2.64. The summed E-state index contributed by atoms with van der Waals surface area (Å²) in [6, 6.07) is 18.6. The summed E-state index contributed by atoms with van der Waals surface area (Å²) < 4.78 is 32.7. The third-order valence-electron chi connectivity index (χ3n) is 4.33. The molecule has 0 amide bonds. The largest absolute Gasteiger partial charge is 0.296 e. The number of carbonyl (C=O) groups is 1. The first-order valence-corrected chi connectivity index (χ1v) is 9.79. The number of hydrogen-bond acceptors (Lipinski definition) is 6. The molecule has 0 saturated heterocycles. The van der Waals surface area contributed by atoms with Gasteiger partial charge in [0.1, 0.15) is 0 Å². The number of benzene rings is 3. The van der Waals surface area contributed by atoms with E-state index < -0.39 is 10.2 Å². The SMILES string of the molecule is CCN(CC)CC(=O)c1ccc2c(ccc3ccccc32)c1.[O-][Cl+3]([O-])([O-])O. The van der Waals surface area contributed by atoms with E-state index in [9.17, 15) is 4.79 Å². The minimum Gasteiger partial charge on any atom is -0.296 e. The van der Waals surface area contributed by atoms with E-state index in [1.54, 1.807) is 0 Å². The van der Waals surface area contributed by atoms with E-state index in [-0.39, 0.29) is 5.78 Å². The molecular weight excluding hydrogens is 370 g/mol. The molecule has 1 N–H and O–H groups in total. The number of nitrogens with zero attached hydrogens (tertiary/aromatic N) is 1. The van der Waals surface area contributed by atoms with Crippen molar-refractivity contribution in [3.63, 3.8) is 0 Å². The summed E-state index contributed by atoms with van der Waals surface area (Å²) in [5.41, 5.74) is 0.801. The van der Waals surface area contributed by atoms with Gasteiger partial charge in [0.05, 0.1) is 21.4 Å². The summed E-state index contributed by atoms with van der Waals surface area (Å²) in [5.74, 6) is 0.193. The van der Waals surface area contributed by atoms with Crippen LogP contribution >= 0.6 is 0 Å². The third-order valence-corrected chi connectivity index (χ3v) is 4.33. The monoisotopic (exact) mass is 391 g/mol. The quantitative estimate of drug-likeness (QED) is 0.497. The molecule has 144 valence electrons. The number of carbonyl (C=O) groups excluding carboxylic acids is 1. The van der Waals surface area contributed by atoms with E-state index in [1.165, 1.54) is 16.2 Å². The average molecular weight is 392 g/mol. The second-order valence-corrected chi connectivity index (χ2v) is 6.80. The van der Waals surface area contributed by atoms with Crippen molar-refractivity contribution in [2.24, 2.45) is 0 Å². The van der Waals surface area contributed by atoms with Crippen LogP contribution in [0.5, 0.6) is 0 Å². The number of fused-ring (bicyclic) bond motifs is 3. The van der Waals surface area contributed by atoms with Crippen molar-refractivity contribution in [3.8, 4) is 0 Å². The molecule has 3 aromatic rings. The maximum atomic E-state index is 12.4. The van der Waals surface area contributed by atoms with Crippen LogP contribution in [0.2, 0.25) is 0 Å². The van der Waals surface area contributed by atoms with Gasteiger partial charge in [0.15, 0.2) is 5.78 Å². The molecule has 3 rings (SSSR count). The first-order chi connectivity index (χ1) is 12.7. The molecule has 6 nitrogen and oxygen atoms in total. The van der Waals surface area contributed by atoms with Gasteiger partial charge in [-0.15, -0.1) is 0 Å². The van der Waals surface area contributed by atoms with Crippen molar-refractivity contribution in [2.45, 2.75) is 13.8 Å². The zero-order chi connectivity index (χ0) is 20.0. The predicted octanol–water partition coefficient (Wildman–Crippen LogP) is 0.393. The lowest BCUT2D eigenvalue weighted by Gasteiger charge is -2.17. The van der Waals surface area contributed by atoms with E-state index >= 15 is 0 Å². The first-order valence-electron chi connectivity index (χ1n) is 8.53. The smallest absolute Gasteiger partial charge is 0.176 e. The van der Waals surface area contributed by atoms with Crippen molar-refractivity contribution in [1.82, 2.24) is 4.90 Å². The standard InChI is InChI=1S/C20H21NO.ClHO4/c1-3-21(4-2)14-20(22)17-11-12-19-16(13-17)10-9-15-7-5-6-8-18(15)19;2-1(3,4)5/h5-13H,3-4,14H2,1-2H3;(H,2,3,4,5). The molecule has 0 bridgehead atoms. The molecule has 0 aliphatic rings. The zero-order valence-electron chi connectivity index (χ0n) is 15.2. The van der Waals surface area contributed by atoms with Crippen LogP contribution in [0, 0.1) is 10.2 Å². The van der Waals surface area contributed by atoms with Crippen LogP contribution in [0.15, 0.2) is 54.6 Å². The molecule has 0 saturated carbocycles. The summed E-state index contributed by atoms with van der Waals surface area (Å²) >= 11 is 0. The molecule has 3 aromatic carbocycles. The Morgan fingerprint density at radius 2 is 1.48 bits per heavy atom. The topological polar surface area (TPSA) is 110 Å². The summed E-state index contributed by atoms with van der Waals surface area (Å²) in [7, 11) is -4.69. The Morgan fingerprint density at radius 3 is 2.11 bits per heavy atom. The fraction of sp³-hybridized carbons (Fsp3) is 0.250. The Bertz CT molecular complexity index is 913. The minimum absolute atomic E-state index is 0.193. The van der Waals surface area contributed by atoms with Crippen molar-refractivity contribution in [3.05, 3.63) is 60.2 Å². The van der Waals surface area contributed by atoms with E-state index in [0.717, 1.165) is 24.0 Å². The molecule has 0 heterocycles. The maximum Gasteiger partial charge on any atom is 0.176 e. The molecule has 7 heteroatoms. The lowest BCUT2D eigenvalue weighted by Crippen LogP contribution is -2.58. The summed E-state index contributed by atoms with van der Waals surface area (Å²) in [4.78, 5) is 14.6. The maximum absolute atomic E-state index is 12.4. The molecule has 0 aliphatic carbocycles. The van der Waals surface area contributed by atoms with Gasteiger partial charge in [0.2, 0.25) is 0 Å². The molecule has 0 unspecified atom stereocenters. The minimum atomic E-state index is -4.69. The molecule has 0 radical (unpaired) electrons. The second kappa shape index (κ2) is 9.23. The van der Waals surface area contributed by atoms with Crippen LogP contribution in [0.25, 0.3) is 21.5 Å². The lowest BCUT2D eigenvalue weighted by atomic mass is 9.99. The number of likely N-dealkylation sites (N-methyl/N-ethyl adjacent to an activating group) is 1. The third kappa shape index (κ3) is 6.25. The highest BCUT2D eigenvalue weighted by Gasteiger charge is 2.11. The Labute approximate surface area is 160 Å². The second-order valence-electron chi connectivity index (χ2n) is 6.00.